The van der Waals surface area contributed by atoms with Crippen molar-refractivity contribution in [3.05, 3.63) is 63.7 Å². The Hall–Kier alpha value is -2.39. The maximum absolute atomic E-state index is 13.8. The van der Waals surface area contributed by atoms with E-state index < -0.39 is 5.82 Å². The molecule has 1 amide bonds. The summed E-state index contributed by atoms with van der Waals surface area (Å²) in [6.07, 6.45) is 0. The van der Waals surface area contributed by atoms with Gasteiger partial charge in [-0.3, -0.25) is 4.79 Å². The van der Waals surface area contributed by atoms with E-state index in [1.807, 2.05) is 32.0 Å². The van der Waals surface area contributed by atoms with E-state index >= 15 is 0 Å². The van der Waals surface area contributed by atoms with Crippen LogP contribution in [0, 0.1) is 19.7 Å². The summed E-state index contributed by atoms with van der Waals surface area (Å²) in [6, 6.07) is 10.3. The van der Waals surface area contributed by atoms with Gasteiger partial charge in [0.1, 0.15) is 11.6 Å². The fourth-order valence-electron chi connectivity index (χ4n) is 2.42. The summed E-state index contributed by atoms with van der Waals surface area (Å²) < 4.78 is 25.6. The number of anilines is 1. The van der Waals surface area contributed by atoms with Crippen LogP contribution in [-0.2, 0) is 11.4 Å². The van der Waals surface area contributed by atoms with Gasteiger partial charge in [-0.2, -0.15) is 0 Å². The largest absolute Gasteiger partial charge is 0.483 e. The molecule has 0 radical (unpaired) electrons. The molecule has 0 aliphatic rings. The highest BCUT2D eigenvalue weighted by atomic mass is 79.9. The molecule has 6 nitrogen and oxygen atoms in total. The van der Waals surface area contributed by atoms with E-state index in [2.05, 4.69) is 31.4 Å². The molecule has 3 rings (SSSR count). The lowest BCUT2D eigenvalue weighted by Gasteiger charge is -2.09. The molecule has 0 atom stereocenters. The molecule has 146 valence electrons. The van der Waals surface area contributed by atoms with Crippen molar-refractivity contribution in [2.75, 3.05) is 11.1 Å². The number of hydrogen-bond acceptors (Lipinski definition) is 6. The standard InChI is InChI=1S/C19H17BrFN3O3S/c1-11-4-3-5-12(2)18(11)26-9-17-23-24-19(27-17)28-10-16(25)22-15-7-6-13(20)8-14(15)21/h3-8H,9-10H2,1-2H3,(H,22,25). The van der Waals surface area contributed by atoms with Crippen molar-refractivity contribution >= 4 is 39.3 Å². The van der Waals surface area contributed by atoms with E-state index in [0.29, 0.717) is 10.4 Å². The highest BCUT2D eigenvalue weighted by Gasteiger charge is 2.13. The van der Waals surface area contributed by atoms with Crippen molar-refractivity contribution < 1.29 is 18.3 Å². The van der Waals surface area contributed by atoms with Crippen molar-refractivity contribution in [1.29, 1.82) is 0 Å². The second-order valence-electron chi connectivity index (χ2n) is 5.93. The van der Waals surface area contributed by atoms with E-state index in [1.54, 1.807) is 6.07 Å². The number of halogens is 2. The molecule has 0 spiro atoms. The van der Waals surface area contributed by atoms with Crippen LogP contribution in [-0.4, -0.2) is 21.9 Å². The number of rotatable bonds is 7. The average Bonchev–Trinajstić information content (AvgIpc) is 3.10. The van der Waals surface area contributed by atoms with Gasteiger partial charge >= 0.3 is 0 Å². The topological polar surface area (TPSA) is 77.2 Å². The minimum absolute atomic E-state index is 0.00883. The van der Waals surface area contributed by atoms with Crippen LogP contribution in [0.3, 0.4) is 0 Å². The Morgan fingerprint density at radius 2 is 2.00 bits per heavy atom. The van der Waals surface area contributed by atoms with Crippen molar-refractivity contribution in [2.45, 2.75) is 25.7 Å². The number of carbonyl (C=O) groups is 1. The SMILES string of the molecule is Cc1cccc(C)c1OCc1nnc(SCC(=O)Nc2ccc(Br)cc2F)o1. The summed E-state index contributed by atoms with van der Waals surface area (Å²) in [5.74, 6) is 0.207. The molecule has 1 heterocycles. The number of para-hydroxylation sites is 1. The molecule has 28 heavy (non-hydrogen) atoms. The Bertz CT molecular complexity index is 976. The first-order chi connectivity index (χ1) is 13.4. The maximum Gasteiger partial charge on any atom is 0.277 e. The molecule has 1 aromatic heterocycles. The second kappa shape index (κ2) is 9.20. The lowest BCUT2D eigenvalue weighted by atomic mass is 10.1. The van der Waals surface area contributed by atoms with E-state index in [9.17, 15) is 9.18 Å². The average molecular weight is 466 g/mol. The summed E-state index contributed by atoms with van der Waals surface area (Å²) >= 11 is 4.23. The fourth-order valence-corrected chi connectivity index (χ4v) is 3.33. The first-order valence-electron chi connectivity index (χ1n) is 8.31. The quantitative estimate of drug-likeness (QED) is 0.500. The molecule has 0 aliphatic heterocycles. The van der Waals surface area contributed by atoms with E-state index in [4.69, 9.17) is 9.15 Å². The first-order valence-corrected chi connectivity index (χ1v) is 10.1. The van der Waals surface area contributed by atoms with Crippen LogP contribution >= 0.6 is 27.7 Å². The number of aromatic nitrogens is 2. The van der Waals surface area contributed by atoms with Gasteiger partial charge in [0.2, 0.25) is 5.91 Å². The monoisotopic (exact) mass is 465 g/mol. The first kappa shape index (κ1) is 20.3. The molecule has 0 saturated carbocycles. The summed E-state index contributed by atoms with van der Waals surface area (Å²) in [5.41, 5.74) is 2.15. The minimum atomic E-state index is -0.517. The number of carbonyl (C=O) groups excluding carboxylic acids is 1. The van der Waals surface area contributed by atoms with E-state index in [-0.39, 0.29) is 29.2 Å². The fraction of sp³-hybridized carbons (Fsp3) is 0.211. The predicted octanol–water partition coefficient (Wildman–Crippen LogP) is 4.90. The number of nitrogens with zero attached hydrogens (tertiary/aromatic N) is 2. The Kier molecular flexibility index (Phi) is 6.69. The number of nitrogens with one attached hydrogen (secondary N) is 1. The smallest absolute Gasteiger partial charge is 0.277 e. The third-order valence-electron chi connectivity index (χ3n) is 3.73. The van der Waals surface area contributed by atoms with Crippen molar-refractivity contribution in [3.8, 4) is 5.75 Å². The van der Waals surface area contributed by atoms with E-state index in [1.165, 1.54) is 12.1 Å². The van der Waals surface area contributed by atoms with Crippen LogP contribution in [0.4, 0.5) is 10.1 Å². The Morgan fingerprint density at radius 3 is 2.71 bits per heavy atom. The molecular formula is C19H17BrFN3O3S. The second-order valence-corrected chi connectivity index (χ2v) is 7.77. The molecule has 0 fully saturated rings. The maximum atomic E-state index is 13.8. The molecule has 0 saturated heterocycles. The van der Waals surface area contributed by atoms with Crippen LogP contribution in [0.5, 0.6) is 5.75 Å². The molecule has 0 aliphatic carbocycles. The van der Waals surface area contributed by atoms with Gasteiger partial charge in [0.25, 0.3) is 11.1 Å². The Balaban J connectivity index is 1.51. The summed E-state index contributed by atoms with van der Waals surface area (Å²) in [5, 5.41) is 10.6. The highest BCUT2D eigenvalue weighted by molar-refractivity contribution is 9.10. The molecule has 2 aromatic carbocycles. The third kappa shape index (κ3) is 5.32. The number of hydrogen-bond donors (Lipinski definition) is 1. The molecular weight excluding hydrogens is 449 g/mol. The lowest BCUT2D eigenvalue weighted by molar-refractivity contribution is -0.113. The van der Waals surface area contributed by atoms with Crippen molar-refractivity contribution in [3.63, 3.8) is 0 Å². The highest BCUT2D eigenvalue weighted by Crippen LogP contribution is 2.24. The zero-order valence-corrected chi connectivity index (χ0v) is 17.6. The van der Waals surface area contributed by atoms with Crippen molar-refractivity contribution in [1.82, 2.24) is 10.2 Å². The van der Waals surface area contributed by atoms with Gasteiger partial charge in [0, 0.05) is 4.47 Å². The van der Waals surface area contributed by atoms with Crippen LogP contribution < -0.4 is 10.1 Å². The van der Waals surface area contributed by atoms with Gasteiger partial charge in [-0.05, 0) is 43.2 Å². The van der Waals surface area contributed by atoms with Crippen LogP contribution in [0.15, 0.2) is 50.5 Å². The van der Waals surface area contributed by atoms with Gasteiger partial charge < -0.3 is 14.5 Å². The summed E-state index contributed by atoms with van der Waals surface area (Å²) in [4.78, 5) is 12.0. The molecule has 3 aromatic rings. The number of aryl methyl sites for hydroxylation is 2. The summed E-state index contributed by atoms with van der Waals surface area (Å²) in [6.45, 7) is 4.06. The third-order valence-corrected chi connectivity index (χ3v) is 5.04. The molecule has 0 bridgehead atoms. The normalized spacial score (nSPS) is 10.7. The number of thioether (sulfide) groups is 1. The molecule has 1 N–H and O–H groups in total. The van der Waals surface area contributed by atoms with Crippen molar-refractivity contribution in [2.24, 2.45) is 0 Å². The lowest BCUT2D eigenvalue weighted by Crippen LogP contribution is -2.15. The van der Waals surface area contributed by atoms with Crippen LogP contribution in [0.2, 0.25) is 0 Å². The summed E-state index contributed by atoms with van der Waals surface area (Å²) in [7, 11) is 0. The van der Waals surface area contributed by atoms with Gasteiger partial charge in [0.05, 0.1) is 11.4 Å². The van der Waals surface area contributed by atoms with Crippen LogP contribution in [0.25, 0.3) is 0 Å². The van der Waals surface area contributed by atoms with Gasteiger partial charge in [-0.15, -0.1) is 10.2 Å². The number of benzene rings is 2. The van der Waals surface area contributed by atoms with Gasteiger partial charge in [-0.25, -0.2) is 4.39 Å². The molecule has 9 heteroatoms. The zero-order chi connectivity index (χ0) is 20.1. The molecule has 0 unspecified atom stereocenters. The Labute approximate surface area is 174 Å². The Morgan fingerprint density at radius 1 is 1.25 bits per heavy atom. The van der Waals surface area contributed by atoms with Gasteiger partial charge in [-0.1, -0.05) is 45.9 Å². The number of amides is 1. The van der Waals surface area contributed by atoms with E-state index in [0.717, 1.165) is 28.6 Å². The minimum Gasteiger partial charge on any atom is -0.483 e. The van der Waals surface area contributed by atoms with Gasteiger partial charge in [0.15, 0.2) is 6.61 Å². The van der Waals surface area contributed by atoms with Crippen LogP contribution in [0.1, 0.15) is 17.0 Å². The number of ether oxygens (including phenoxy) is 1. The predicted molar refractivity (Wildman–Crippen MR) is 108 cm³/mol. The zero-order valence-electron chi connectivity index (χ0n) is 15.2.